The zero-order chi connectivity index (χ0) is 17.6. The topological polar surface area (TPSA) is 20.2 Å². The summed E-state index contributed by atoms with van der Waals surface area (Å²) in [6.45, 7) is 11.0. The fourth-order valence-corrected chi connectivity index (χ4v) is 3.65. The van der Waals surface area contributed by atoms with Crippen molar-refractivity contribution in [3.05, 3.63) is 0 Å². The molecular formula is C22H46O. The molecule has 2 unspecified atom stereocenters. The third-order valence-corrected chi connectivity index (χ3v) is 5.69. The molecule has 0 aliphatic carbocycles. The Hall–Kier alpha value is -0.0400. The van der Waals surface area contributed by atoms with E-state index in [0.717, 1.165) is 12.8 Å². The molecule has 0 aliphatic heterocycles. The second-order valence-electron chi connectivity index (χ2n) is 8.25. The van der Waals surface area contributed by atoms with E-state index in [1.54, 1.807) is 0 Å². The highest BCUT2D eigenvalue weighted by atomic mass is 16.3. The number of unbranched alkanes of at least 4 members (excludes halogenated alkanes) is 10. The molecule has 0 saturated carbocycles. The molecule has 0 saturated heterocycles. The fraction of sp³-hybridized carbons (Fsp3) is 1.00. The zero-order valence-corrected chi connectivity index (χ0v) is 17.0. The van der Waals surface area contributed by atoms with Crippen LogP contribution in [0.1, 0.15) is 125 Å². The number of hydrogen-bond donors (Lipinski definition) is 1. The minimum absolute atomic E-state index is 0.368. The molecule has 1 heteroatoms. The van der Waals surface area contributed by atoms with Crippen molar-refractivity contribution in [2.75, 3.05) is 0 Å². The van der Waals surface area contributed by atoms with E-state index in [0.29, 0.717) is 11.8 Å². The van der Waals surface area contributed by atoms with Gasteiger partial charge in [0.1, 0.15) is 0 Å². The highest BCUT2D eigenvalue weighted by Gasteiger charge is 2.30. The van der Waals surface area contributed by atoms with Crippen molar-refractivity contribution in [2.45, 2.75) is 130 Å². The molecule has 0 aromatic carbocycles. The Kier molecular flexibility index (Phi) is 14.3. The van der Waals surface area contributed by atoms with E-state index in [-0.39, 0.29) is 0 Å². The lowest BCUT2D eigenvalue weighted by Crippen LogP contribution is -2.36. The van der Waals surface area contributed by atoms with Crippen molar-refractivity contribution < 1.29 is 5.11 Å². The molecule has 0 radical (unpaired) electrons. The van der Waals surface area contributed by atoms with E-state index in [4.69, 9.17) is 0 Å². The SMILES string of the molecule is CCCCCCCCCCCCCC(C)CC(O)(CC)C(C)C. The van der Waals surface area contributed by atoms with E-state index >= 15 is 0 Å². The van der Waals surface area contributed by atoms with E-state index in [2.05, 4.69) is 34.6 Å². The van der Waals surface area contributed by atoms with E-state index in [9.17, 15) is 5.11 Å². The highest BCUT2D eigenvalue weighted by molar-refractivity contribution is 4.82. The Labute approximate surface area is 147 Å². The summed E-state index contributed by atoms with van der Waals surface area (Å²) in [4.78, 5) is 0. The molecule has 0 spiro atoms. The Morgan fingerprint density at radius 3 is 1.52 bits per heavy atom. The van der Waals surface area contributed by atoms with E-state index in [1.165, 1.54) is 77.0 Å². The van der Waals surface area contributed by atoms with Gasteiger partial charge in [0.05, 0.1) is 5.60 Å². The summed E-state index contributed by atoms with van der Waals surface area (Å²) in [6, 6.07) is 0. The number of aliphatic hydroxyl groups is 1. The molecule has 1 nitrogen and oxygen atoms in total. The van der Waals surface area contributed by atoms with Crippen LogP contribution in [0.15, 0.2) is 0 Å². The highest BCUT2D eigenvalue weighted by Crippen LogP contribution is 2.30. The summed E-state index contributed by atoms with van der Waals surface area (Å²) in [5.74, 6) is 1.02. The average molecular weight is 327 g/mol. The quantitative estimate of drug-likeness (QED) is 0.291. The largest absolute Gasteiger partial charge is 0.390 e. The Bertz CT molecular complexity index is 248. The predicted octanol–water partition coefficient (Wildman–Crippen LogP) is 7.51. The molecule has 0 aliphatic rings. The van der Waals surface area contributed by atoms with Gasteiger partial charge in [-0.25, -0.2) is 0 Å². The Morgan fingerprint density at radius 1 is 0.696 bits per heavy atom. The standard InChI is InChI=1S/C22H46O/c1-6-8-9-10-11-12-13-14-15-16-17-18-21(5)19-22(23,7-2)20(3)4/h20-21,23H,6-19H2,1-5H3. The number of hydrogen-bond acceptors (Lipinski definition) is 1. The van der Waals surface area contributed by atoms with Crippen LogP contribution < -0.4 is 0 Å². The van der Waals surface area contributed by atoms with Gasteiger partial charge >= 0.3 is 0 Å². The Balaban J connectivity index is 3.47. The summed E-state index contributed by atoms with van der Waals surface area (Å²) in [7, 11) is 0. The van der Waals surface area contributed by atoms with Gasteiger partial charge in [0.2, 0.25) is 0 Å². The van der Waals surface area contributed by atoms with Gasteiger partial charge < -0.3 is 5.11 Å². The van der Waals surface area contributed by atoms with Crippen LogP contribution in [0.4, 0.5) is 0 Å². The molecule has 0 heterocycles. The van der Waals surface area contributed by atoms with Crippen LogP contribution in [0, 0.1) is 11.8 Å². The monoisotopic (exact) mass is 326 g/mol. The van der Waals surface area contributed by atoms with Crippen molar-refractivity contribution in [3.63, 3.8) is 0 Å². The van der Waals surface area contributed by atoms with E-state index in [1.807, 2.05) is 0 Å². The maximum Gasteiger partial charge on any atom is 0.0670 e. The first-order chi connectivity index (χ1) is 11.0. The van der Waals surface area contributed by atoms with Gasteiger partial charge in [0.25, 0.3) is 0 Å². The van der Waals surface area contributed by atoms with Crippen LogP contribution in [0.3, 0.4) is 0 Å². The first-order valence-electron chi connectivity index (χ1n) is 10.7. The molecule has 0 rings (SSSR count). The smallest absolute Gasteiger partial charge is 0.0670 e. The molecule has 2 atom stereocenters. The second kappa shape index (κ2) is 14.3. The fourth-order valence-electron chi connectivity index (χ4n) is 3.65. The van der Waals surface area contributed by atoms with Crippen LogP contribution in [0.2, 0.25) is 0 Å². The lowest BCUT2D eigenvalue weighted by Gasteiger charge is -2.33. The maximum absolute atomic E-state index is 10.6. The van der Waals surface area contributed by atoms with Gasteiger partial charge in [-0.2, -0.15) is 0 Å². The van der Waals surface area contributed by atoms with Crippen molar-refractivity contribution >= 4 is 0 Å². The average Bonchev–Trinajstić information content (AvgIpc) is 2.52. The molecule has 0 fully saturated rings. The van der Waals surface area contributed by atoms with Gasteiger partial charge in [0, 0.05) is 0 Å². The van der Waals surface area contributed by atoms with Crippen molar-refractivity contribution in [3.8, 4) is 0 Å². The Morgan fingerprint density at radius 2 is 1.13 bits per heavy atom. The first kappa shape index (κ1) is 23.0. The third kappa shape index (κ3) is 12.0. The zero-order valence-electron chi connectivity index (χ0n) is 17.0. The molecule has 1 N–H and O–H groups in total. The minimum Gasteiger partial charge on any atom is -0.390 e. The summed E-state index contributed by atoms with van der Waals surface area (Å²) >= 11 is 0. The van der Waals surface area contributed by atoms with E-state index < -0.39 is 5.60 Å². The normalized spacial score (nSPS) is 15.8. The summed E-state index contributed by atoms with van der Waals surface area (Å²) in [5, 5.41) is 10.6. The molecule has 140 valence electrons. The van der Waals surface area contributed by atoms with Crippen LogP contribution in [-0.2, 0) is 0 Å². The van der Waals surface area contributed by atoms with Crippen molar-refractivity contribution in [2.24, 2.45) is 11.8 Å². The van der Waals surface area contributed by atoms with Crippen LogP contribution in [0.25, 0.3) is 0 Å². The van der Waals surface area contributed by atoms with Crippen LogP contribution in [-0.4, -0.2) is 10.7 Å². The molecular weight excluding hydrogens is 280 g/mol. The van der Waals surface area contributed by atoms with Gasteiger partial charge in [-0.15, -0.1) is 0 Å². The predicted molar refractivity (Wildman–Crippen MR) is 105 cm³/mol. The van der Waals surface area contributed by atoms with Gasteiger partial charge in [-0.1, -0.05) is 112 Å². The van der Waals surface area contributed by atoms with Crippen molar-refractivity contribution in [1.82, 2.24) is 0 Å². The molecule has 0 amide bonds. The molecule has 0 aromatic rings. The van der Waals surface area contributed by atoms with Gasteiger partial charge in [0.15, 0.2) is 0 Å². The lowest BCUT2D eigenvalue weighted by atomic mass is 9.79. The molecule has 23 heavy (non-hydrogen) atoms. The van der Waals surface area contributed by atoms with Crippen LogP contribution >= 0.6 is 0 Å². The summed E-state index contributed by atoms with van der Waals surface area (Å²) in [5.41, 5.74) is -0.447. The minimum atomic E-state index is -0.447. The van der Waals surface area contributed by atoms with Gasteiger partial charge in [-0.05, 0) is 24.7 Å². The second-order valence-corrected chi connectivity index (χ2v) is 8.25. The van der Waals surface area contributed by atoms with Crippen molar-refractivity contribution in [1.29, 1.82) is 0 Å². The lowest BCUT2D eigenvalue weighted by molar-refractivity contribution is -0.0293. The number of rotatable bonds is 16. The first-order valence-corrected chi connectivity index (χ1v) is 10.7. The summed E-state index contributed by atoms with van der Waals surface area (Å²) < 4.78 is 0. The van der Waals surface area contributed by atoms with Crippen LogP contribution in [0.5, 0.6) is 0 Å². The maximum atomic E-state index is 10.6. The van der Waals surface area contributed by atoms with Gasteiger partial charge in [-0.3, -0.25) is 0 Å². The molecule has 0 bridgehead atoms. The summed E-state index contributed by atoms with van der Waals surface area (Å²) in [6.07, 6.45) is 18.7. The molecule has 0 aromatic heterocycles. The third-order valence-electron chi connectivity index (χ3n) is 5.69.